The molecule has 7 heteroatoms. The van der Waals surface area contributed by atoms with Gasteiger partial charge in [-0.15, -0.1) is 0 Å². The van der Waals surface area contributed by atoms with Crippen molar-refractivity contribution >= 4 is 11.8 Å². The smallest absolute Gasteiger partial charge is 0.317 e. The zero-order chi connectivity index (χ0) is 20.9. The second kappa shape index (κ2) is 9.67. The lowest BCUT2D eigenvalue weighted by Gasteiger charge is -2.43. The number of urea groups is 1. The molecule has 0 saturated carbocycles. The molecule has 1 saturated heterocycles. The summed E-state index contributed by atoms with van der Waals surface area (Å²) in [5, 5.41) is 13.7. The van der Waals surface area contributed by atoms with Gasteiger partial charge in [-0.05, 0) is 63.5 Å². The fourth-order valence-electron chi connectivity index (χ4n) is 4.41. The number of carbonyl (C=O) groups excluding carboxylic acids is 2. The van der Waals surface area contributed by atoms with Crippen LogP contribution in [-0.2, 0) is 28.8 Å². The highest BCUT2D eigenvalue weighted by molar-refractivity contribution is 5.77. The number of fused-ring (bicyclic) bond motifs is 1. The van der Waals surface area contributed by atoms with Crippen molar-refractivity contribution in [2.75, 3.05) is 26.7 Å². The predicted molar refractivity (Wildman–Crippen MR) is 110 cm³/mol. The van der Waals surface area contributed by atoms with Crippen LogP contribution >= 0.6 is 0 Å². The summed E-state index contributed by atoms with van der Waals surface area (Å²) in [6, 6.07) is 4.15. The van der Waals surface area contributed by atoms with Crippen LogP contribution in [-0.4, -0.2) is 65.3 Å². The van der Waals surface area contributed by atoms with Gasteiger partial charge in [0.25, 0.3) is 0 Å². The molecule has 1 fully saturated rings. The molecule has 0 spiro atoms. The number of ketones is 1. The molecule has 2 atom stereocenters. The van der Waals surface area contributed by atoms with Crippen LogP contribution in [0.3, 0.4) is 0 Å². The summed E-state index contributed by atoms with van der Waals surface area (Å²) in [6.45, 7) is 2.71. The van der Waals surface area contributed by atoms with E-state index in [2.05, 4.69) is 17.4 Å². The Labute approximate surface area is 172 Å². The van der Waals surface area contributed by atoms with Gasteiger partial charge in [0.2, 0.25) is 0 Å². The number of piperidine rings is 1. The van der Waals surface area contributed by atoms with Crippen LogP contribution in [0, 0.1) is 0 Å². The number of nitrogens with zero attached hydrogens (tertiary/aromatic N) is 2. The lowest BCUT2D eigenvalue weighted by Crippen LogP contribution is -2.59. The normalized spacial score (nSPS) is 24.1. The highest BCUT2D eigenvalue weighted by Crippen LogP contribution is 2.28. The molecular weight excluding hydrogens is 370 g/mol. The second-order valence-corrected chi connectivity index (χ2v) is 8.35. The van der Waals surface area contributed by atoms with Crippen LogP contribution in [0.1, 0.15) is 56.0 Å². The number of Topliss-reactive ketones (excluding diaryl/α,β-unsaturated/α-hetero) is 1. The molecule has 2 unspecified atom stereocenters. The monoisotopic (exact) mass is 403 g/mol. The topological polar surface area (TPSA) is 91.8 Å². The molecule has 2 aliphatic rings. The number of carbonyl (C=O) groups is 2. The number of aliphatic hydroxyl groups is 1. The van der Waals surface area contributed by atoms with E-state index in [4.69, 9.17) is 9.72 Å². The lowest BCUT2D eigenvalue weighted by atomic mass is 9.84. The van der Waals surface area contributed by atoms with Crippen molar-refractivity contribution in [1.29, 1.82) is 0 Å². The molecule has 7 nitrogen and oxygen atoms in total. The maximum absolute atomic E-state index is 12.5. The van der Waals surface area contributed by atoms with Crippen molar-refractivity contribution in [3.63, 3.8) is 0 Å². The van der Waals surface area contributed by atoms with Crippen molar-refractivity contribution < 1.29 is 19.4 Å². The van der Waals surface area contributed by atoms with Gasteiger partial charge < -0.3 is 20.1 Å². The first-order valence-electron chi connectivity index (χ1n) is 10.7. The van der Waals surface area contributed by atoms with Crippen LogP contribution in [0.25, 0.3) is 0 Å². The van der Waals surface area contributed by atoms with Gasteiger partial charge >= 0.3 is 6.03 Å². The summed E-state index contributed by atoms with van der Waals surface area (Å²) < 4.78 is 5.38. The molecule has 0 aromatic carbocycles. The lowest BCUT2D eigenvalue weighted by molar-refractivity contribution is -0.145. The summed E-state index contributed by atoms with van der Waals surface area (Å²) in [7, 11) is 1.50. The Morgan fingerprint density at radius 1 is 1.34 bits per heavy atom. The average Bonchev–Trinajstić information content (AvgIpc) is 2.70. The quantitative estimate of drug-likeness (QED) is 0.680. The first-order chi connectivity index (χ1) is 13.9. The molecule has 1 aromatic heterocycles. The Morgan fingerprint density at radius 3 is 2.90 bits per heavy atom. The van der Waals surface area contributed by atoms with E-state index in [9.17, 15) is 14.7 Å². The summed E-state index contributed by atoms with van der Waals surface area (Å²) in [6.07, 6.45) is 6.17. The zero-order valence-corrected chi connectivity index (χ0v) is 17.6. The number of pyridine rings is 1. The third-order valence-corrected chi connectivity index (χ3v) is 6.05. The van der Waals surface area contributed by atoms with Gasteiger partial charge in [-0.25, -0.2) is 4.79 Å². The predicted octanol–water partition coefficient (Wildman–Crippen LogP) is 2.03. The molecule has 1 aromatic rings. The first kappa shape index (κ1) is 21.7. The van der Waals surface area contributed by atoms with E-state index in [1.54, 1.807) is 4.90 Å². The highest BCUT2D eigenvalue weighted by atomic mass is 16.5. The molecule has 160 valence electrons. The van der Waals surface area contributed by atoms with E-state index in [1.807, 2.05) is 0 Å². The van der Waals surface area contributed by atoms with Crippen LogP contribution in [0.2, 0.25) is 0 Å². The molecule has 2 amide bonds. The number of ether oxygens (including phenoxy) is 1. The van der Waals surface area contributed by atoms with E-state index < -0.39 is 11.7 Å². The Morgan fingerprint density at radius 2 is 2.14 bits per heavy atom. The van der Waals surface area contributed by atoms with Crippen LogP contribution in [0.4, 0.5) is 4.79 Å². The van der Waals surface area contributed by atoms with Crippen molar-refractivity contribution in [2.45, 2.75) is 70.0 Å². The Bertz CT molecular complexity index is 739. The van der Waals surface area contributed by atoms with Gasteiger partial charge in [0.15, 0.2) is 0 Å². The number of rotatable bonds is 7. The number of methoxy groups -OCH3 is 1. The highest BCUT2D eigenvalue weighted by Gasteiger charge is 2.43. The summed E-state index contributed by atoms with van der Waals surface area (Å²) in [5.74, 6) is -0.0803. The number of aryl methyl sites for hydroxylation is 3. The van der Waals surface area contributed by atoms with E-state index in [0.717, 1.165) is 31.4 Å². The van der Waals surface area contributed by atoms with E-state index in [-0.39, 0.29) is 24.8 Å². The first-order valence-corrected chi connectivity index (χ1v) is 10.7. The van der Waals surface area contributed by atoms with Gasteiger partial charge in [-0.3, -0.25) is 9.78 Å². The van der Waals surface area contributed by atoms with Crippen LogP contribution < -0.4 is 5.32 Å². The van der Waals surface area contributed by atoms with Gasteiger partial charge in [0.1, 0.15) is 17.5 Å². The van der Waals surface area contributed by atoms with Gasteiger partial charge in [0.05, 0.1) is 6.54 Å². The van der Waals surface area contributed by atoms with Gasteiger partial charge in [0, 0.05) is 38.0 Å². The maximum Gasteiger partial charge on any atom is 0.317 e. The number of hydrogen-bond donors (Lipinski definition) is 2. The number of nitrogens with one attached hydrogen (secondary N) is 1. The van der Waals surface area contributed by atoms with E-state index >= 15 is 0 Å². The maximum atomic E-state index is 12.5. The summed E-state index contributed by atoms with van der Waals surface area (Å²) in [4.78, 5) is 30.4. The third-order valence-electron chi connectivity index (χ3n) is 6.05. The second-order valence-electron chi connectivity index (χ2n) is 8.35. The molecule has 0 radical (unpaired) electrons. The average molecular weight is 404 g/mol. The molecule has 0 bridgehead atoms. The Hall–Kier alpha value is -1.99. The molecule has 2 heterocycles. The van der Waals surface area contributed by atoms with Crippen molar-refractivity contribution in [1.82, 2.24) is 15.2 Å². The molecule has 29 heavy (non-hydrogen) atoms. The molecule has 2 N–H and O–H groups in total. The molecule has 3 rings (SSSR count). The number of aromatic nitrogens is 1. The molecule has 1 aliphatic carbocycles. The summed E-state index contributed by atoms with van der Waals surface area (Å²) >= 11 is 0. The fourth-order valence-corrected chi connectivity index (χ4v) is 4.41. The SMILES string of the molecule is COC1CN(C(=O)NCCCc2ccc3c(n2)CCCC3)CCC1(O)CC(C)=O. The van der Waals surface area contributed by atoms with Gasteiger partial charge in [-0.1, -0.05) is 6.07 Å². The Kier molecular flexibility index (Phi) is 7.24. The molecular formula is C22H33N3O4. The number of hydrogen-bond acceptors (Lipinski definition) is 5. The standard InChI is InChI=1S/C22H33N3O4/c1-16(26)14-22(28)11-13-25(15-20(22)29-2)21(27)23-12-5-7-18-10-9-17-6-3-4-8-19(17)24-18/h9-10,20,28H,3-8,11-15H2,1-2H3,(H,23,27). The van der Waals surface area contributed by atoms with Crippen molar-refractivity contribution in [3.8, 4) is 0 Å². The van der Waals surface area contributed by atoms with E-state index in [0.29, 0.717) is 19.5 Å². The minimum atomic E-state index is -1.20. The van der Waals surface area contributed by atoms with Crippen LogP contribution in [0.15, 0.2) is 12.1 Å². The minimum Gasteiger partial charge on any atom is -0.387 e. The minimum absolute atomic E-state index is 0.0503. The fraction of sp³-hybridized carbons (Fsp3) is 0.682. The summed E-state index contributed by atoms with van der Waals surface area (Å²) in [5.41, 5.74) is 2.52. The Balaban J connectivity index is 1.43. The molecule has 1 aliphatic heterocycles. The number of likely N-dealkylation sites (tertiary alicyclic amines) is 1. The van der Waals surface area contributed by atoms with Crippen molar-refractivity contribution in [2.24, 2.45) is 0 Å². The van der Waals surface area contributed by atoms with Gasteiger partial charge in [-0.2, -0.15) is 0 Å². The third kappa shape index (κ3) is 5.54. The number of amides is 2. The van der Waals surface area contributed by atoms with E-state index in [1.165, 1.54) is 38.1 Å². The van der Waals surface area contributed by atoms with Crippen molar-refractivity contribution in [3.05, 3.63) is 29.1 Å². The van der Waals surface area contributed by atoms with Crippen LogP contribution in [0.5, 0.6) is 0 Å². The zero-order valence-electron chi connectivity index (χ0n) is 17.6. The largest absolute Gasteiger partial charge is 0.387 e.